The molecule has 0 amide bonds. The normalized spacial score (nSPS) is 19.6. The van der Waals surface area contributed by atoms with Crippen LogP contribution in [0.2, 0.25) is 0 Å². The van der Waals surface area contributed by atoms with Gasteiger partial charge in [0.2, 0.25) is 0 Å². The maximum atomic E-state index is 6.03. The molecule has 0 spiro atoms. The molecule has 0 aliphatic heterocycles. The molecule has 1 heterocycles. The number of nitrogens with two attached hydrogens (primary N) is 1. The van der Waals surface area contributed by atoms with Crippen LogP contribution in [0.4, 0.5) is 0 Å². The van der Waals surface area contributed by atoms with E-state index in [-0.39, 0.29) is 11.6 Å². The van der Waals surface area contributed by atoms with E-state index < -0.39 is 0 Å². The van der Waals surface area contributed by atoms with Crippen LogP contribution >= 0.6 is 0 Å². The molecule has 1 aromatic rings. The van der Waals surface area contributed by atoms with E-state index in [0.29, 0.717) is 0 Å². The summed E-state index contributed by atoms with van der Waals surface area (Å²) in [5.41, 5.74) is 7.81. The fraction of sp³-hybridized carbons (Fsp3) is 0.733. The lowest BCUT2D eigenvalue weighted by atomic mass is 10.00. The molecule has 19 heavy (non-hydrogen) atoms. The summed E-state index contributed by atoms with van der Waals surface area (Å²) in [6, 6.07) is 2.21. The molecule has 2 N–H and O–H groups in total. The predicted molar refractivity (Wildman–Crippen MR) is 75.9 cm³/mol. The van der Waals surface area contributed by atoms with Crippen molar-refractivity contribution in [1.29, 1.82) is 0 Å². The third-order valence-corrected chi connectivity index (χ3v) is 4.11. The van der Waals surface area contributed by atoms with Gasteiger partial charge in [-0.15, -0.1) is 0 Å². The predicted octanol–water partition coefficient (Wildman–Crippen LogP) is 2.48. The number of aromatic nitrogens is 2. The summed E-state index contributed by atoms with van der Waals surface area (Å²) in [4.78, 5) is 9.35. The molecule has 2 rings (SSSR count). The molecule has 4 nitrogen and oxygen atoms in total. The van der Waals surface area contributed by atoms with Gasteiger partial charge in [-0.3, -0.25) is 0 Å². The average Bonchev–Trinajstić information content (AvgIpc) is 2.88. The first kappa shape index (κ1) is 14.4. The first-order valence-corrected chi connectivity index (χ1v) is 7.25. The average molecular weight is 263 g/mol. The molecule has 4 heteroatoms. The van der Waals surface area contributed by atoms with Gasteiger partial charge in [-0.2, -0.15) is 0 Å². The highest BCUT2D eigenvalue weighted by molar-refractivity contribution is 5.16. The maximum absolute atomic E-state index is 6.03. The van der Waals surface area contributed by atoms with Gasteiger partial charge in [-0.05, 0) is 45.1 Å². The Balaban J connectivity index is 2.30. The third-order valence-electron chi connectivity index (χ3n) is 4.11. The summed E-state index contributed by atoms with van der Waals surface area (Å²) in [6.45, 7) is 4.12. The summed E-state index contributed by atoms with van der Waals surface area (Å²) >= 11 is 0. The van der Waals surface area contributed by atoms with E-state index in [2.05, 4.69) is 11.9 Å². The van der Waals surface area contributed by atoms with Gasteiger partial charge in [0.25, 0.3) is 0 Å². The van der Waals surface area contributed by atoms with E-state index in [9.17, 15) is 0 Å². The zero-order chi connectivity index (χ0) is 13.9. The van der Waals surface area contributed by atoms with Gasteiger partial charge in [0.05, 0.1) is 0 Å². The monoisotopic (exact) mass is 263 g/mol. The van der Waals surface area contributed by atoms with Gasteiger partial charge in [0, 0.05) is 31.0 Å². The lowest BCUT2D eigenvalue weighted by Crippen LogP contribution is -2.29. The van der Waals surface area contributed by atoms with Crippen LogP contribution in [0.5, 0.6) is 0 Å². The van der Waals surface area contributed by atoms with Crippen LogP contribution in [0.15, 0.2) is 6.07 Å². The number of rotatable bonds is 5. The van der Waals surface area contributed by atoms with Crippen molar-refractivity contribution in [2.24, 2.45) is 5.73 Å². The Kier molecular flexibility index (Phi) is 4.53. The van der Waals surface area contributed by atoms with E-state index in [4.69, 9.17) is 15.5 Å². The van der Waals surface area contributed by atoms with Crippen LogP contribution in [0.3, 0.4) is 0 Å². The lowest BCUT2D eigenvalue weighted by Gasteiger charge is -2.26. The minimum Gasteiger partial charge on any atom is -0.370 e. The molecule has 1 aromatic heterocycles. The highest BCUT2D eigenvalue weighted by atomic mass is 16.5. The highest BCUT2D eigenvalue weighted by Gasteiger charge is 2.38. The number of hydrogen-bond donors (Lipinski definition) is 1. The Bertz CT molecular complexity index is 427. The number of hydrogen-bond acceptors (Lipinski definition) is 4. The Morgan fingerprint density at radius 3 is 2.63 bits per heavy atom. The molecule has 1 unspecified atom stereocenters. The summed E-state index contributed by atoms with van der Waals surface area (Å²) in [7, 11) is 1.77. The summed E-state index contributed by atoms with van der Waals surface area (Å²) < 4.78 is 5.77. The second kappa shape index (κ2) is 5.97. The molecule has 1 aliphatic rings. The molecule has 1 saturated carbocycles. The standard InChI is InChI=1S/C15H25N3O/c1-4-12(16)10-13-9-11(2)17-14(18-13)15(19-3)7-5-6-8-15/h9,12H,4-8,10,16H2,1-3H3. The molecule has 0 saturated heterocycles. The van der Waals surface area contributed by atoms with Crippen LogP contribution < -0.4 is 5.73 Å². The molecule has 0 aromatic carbocycles. The van der Waals surface area contributed by atoms with Crippen molar-refractivity contribution < 1.29 is 4.74 Å². The van der Waals surface area contributed by atoms with Crippen LogP contribution in [0.1, 0.15) is 56.2 Å². The van der Waals surface area contributed by atoms with E-state index in [1.54, 1.807) is 7.11 Å². The number of methoxy groups -OCH3 is 1. The van der Waals surface area contributed by atoms with Crippen molar-refractivity contribution >= 4 is 0 Å². The zero-order valence-corrected chi connectivity index (χ0v) is 12.3. The van der Waals surface area contributed by atoms with E-state index in [0.717, 1.165) is 42.9 Å². The molecular formula is C15H25N3O. The largest absolute Gasteiger partial charge is 0.370 e. The molecule has 0 bridgehead atoms. The first-order valence-electron chi connectivity index (χ1n) is 7.25. The minimum atomic E-state index is -0.267. The molecule has 106 valence electrons. The summed E-state index contributed by atoms with van der Waals surface area (Å²) in [5.74, 6) is 0.853. The molecule has 1 fully saturated rings. The van der Waals surface area contributed by atoms with Crippen molar-refractivity contribution in [3.8, 4) is 0 Å². The second-order valence-electron chi connectivity index (χ2n) is 5.60. The minimum absolute atomic E-state index is 0.171. The van der Waals surface area contributed by atoms with Crippen molar-refractivity contribution in [3.63, 3.8) is 0 Å². The molecule has 0 radical (unpaired) electrons. The molecule has 1 aliphatic carbocycles. The molecular weight excluding hydrogens is 238 g/mol. The topological polar surface area (TPSA) is 61.0 Å². The Morgan fingerprint density at radius 2 is 2.05 bits per heavy atom. The van der Waals surface area contributed by atoms with Gasteiger partial charge in [0.1, 0.15) is 5.60 Å². The van der Waals surface area contributed by atoms with Gasteiger partial charge in [-0.25, -0.2) is 9.97 Å². The van der Waals surface area contributed by atoms with Gasteiger partial charge in [-0.1, -0.05) is 6.92 Å². The van der Waals surface area contributed by atoms with Gasteiger partial charge in [0.15, 0.2) is 5.82 Å². The fourth-order valence-corrected chi connectivity index (χ4v) is 2.82. The highest BCUT2D eigenvalue weighted by Crippen LogP contribution is 2.40. The second-order valence-corrected chi connectivity index (χ2v) is 5.60. The summed E-state index contributed by atoms with van der Waals surface area (Å²) in [6.07, 6.45) is 6.20. The van der Waals surface area contributed by atoms with Crippen molar-refractivity contribution in [1.82, 2.24) is 9.97 Å². The Hall–Kier alpha value is -1.00. The van der Waals surface area contributed by atoms with Gasteiger partial charge < -0.3 is 10.5 Å². The van der Waals surface area contributed by atoms with E-state index in [1.807, 2.05) is 13.0 Å². The Morgan fingerprint density at radius 1 is 1.37 bits per heavy atom. The lowest BCUT2D eigenvalue weighted by molar-refractivity contribution is -0.0166. The van der Waals surface area contributed by atoms with E-state index >= 15 is 0 Å². The first-order chi connectivity index (χ1) is 9.09. The quantitative estimate of drug-likeness (QED) is 0.886. The third kappa shape index (κ3) is 3.12. The van der Waals surface area contributed by atoms with E-state index in [1.165, 1.54) is 12.8 Å². The number of aryl methyl sites for hydroxylation is 1. The van der Waals surface area contributed by atoms with Crippen molar-refractivity contribution in [2.45, 2.75) is 64.0 Å². The SMILES string of the molecule is CCC(N)Cc1cc(C)nc(C2(OC)CCCC2)n1. The smallest absolute Gasteiger partial charge is 0.160 e. The Labute approximate surface area is 115 Å². The van der Waals surface area contributed by atoms with Gasteiger partial charge >= 0.3 is 0 Å². The number of ether oxygens (including phenoxy) is 1. The van der Waals surface area contributed by atoms with Crippen molar-refractivity contribution in [2.75, 3.05) is 7.11 Å². The van der Waals surface area contributed by atoms with Crippen LogP contribution in [0.25, 0.3) is 0 Å². The van der Waals surface area contributed by atoms with Crippen molar-refractivity contribution in [3.05, 3.63) is 23.3 Å². The van der Waals surface area contributed by atoms with Crippen LogP contribution in [0, 0.1) is 6.92 Å². The fourth-order valence-electron chi connectivity index (χ4n) is 2.82. The van der Waals surface area contributed by atoms with Crippen LogP contribution in [-0.2, 0) is 16.8 Å². The maximum Gasteiger partial charge on any atom is 0.160 e. The number of nitrogens with zero attached hydrogens (tertiary/aromatic N) is 2. The zero-order valence-electron chi connectivity index (χ0n) is 12.3. The molecule has 1 atom stereocenters. The van der Waals surface area contributed by atoms with Crippen LogP contribution in [-0.4, -0.2) is 23.1 Å². The summed E-state index contributed by atoms with van der Waals surface area (Å²) in [5, 5.41) is 0.